The normalized spacial score (nSPS) is 17.5. The number of hydrogen-bond acceptors (Lipinski definition) is 8. The first-order chi connectivity index (χ1) is 11.1. The summed E-state index contributed by atoms with van der Waals surface area (Å²) in [5.74, 6) is 0.860. The highest BCUT2D eigenvalue weighted by Gasteiger charge is 2.28. The predicted octanol–water partition coefficient (Wildman–Crippen LogP) is 0.0805. The van der Waals surface area contributed by atoms with E-state index in [-0.39, 0.29) is 12.0 Å². The molecule has 1 unspecified atom stereocenters. The van der Waals surface area contributed by atoms with Crippen LogP contribution in [0.2, 0.25) is 0 Å². The molecule has 0 saturated carbocycles. The lowest BCUT2D eigenvalue weighted by molar-refractivity contribution is -0.127. The van der Waals surface area contributed by atoms with Gasteiger partial charge in [0.1, 0.15) is 6.10 Å². The first-order valence-corrected chi connectivity index (χ1v) is 8.20. The third kappa shape index (κ3) is 3.95. The molecule has 2 aromatic heterocycles. The number of tetrazole rings is 1. The molecule has 122 valence electrons. The summed E-state index contributed by atoms with van der Waals surface area (Å²) >= 11 is 1.33. The number of aryl methyl sites for hydroxylation is 2. The second-order valence-corrected chi connectivity index (χ2v) is 6.20. The molecule has 10 heteroatoms. The van der Waals surface area contributed by atoms with E-state index in [1.54, 1.807) is 22.7 Å². The standard InChI is InChI=1S/C13H17N7O2S/c1-9-3-4-11(15-14-9)22-10-5-6-20(7-10)12(21)8-23-13-16-17-18-19(13)2/h3-4,10H,5-8H2,1-2H3. The van der Waals surface area contributed by atoms with E-state index < -0.39 is 0 Å². The van der Waals surface area contributed by atoms with Crippen molar-refractivity contribution in [1.82, 2.24) is 35.3 Å². The lowest BCUT2D eigenvalue weighted by Gasteiger charge is -2.16. The number of hydrogen-bond donors (Lipinski definition) is 0. The van der Waals surface area contributed by atoms with Crippen LogP contribution in [-0.2, 0) is 11.8 Å². The van der Waals surface area contributed by atoms with Crippen molar-refractivity contribution in [2.24, 2.45) is 7.05 Å². The highest BCUT2D eigenvalue weighted by molar-refractivity contribution is 7.99. The third-order valence-corrected chi connectivity index (χ3v) is 4.46. The maximum Gasteiger partial charge on any atom is 0.233 e. The minimum absolute atomic E-state index is 0.0440. The first-order valence-electron chi connectivity index (χ1n) is 7.22. The van der Waals surface area contributed by atoms with Gasteiger partial charge < -0.3 is 9.64 Å². The van der Waals surface area contributed by atoms with Crippen molar-refractivity contribution in [3.05, 3.63) is 17.8 Å². The number of likely N-dealkylation sites (tertiary alicyclic amines) is 1. The van der Waals surface area contributed by atoms with Crippen LogP contribution in [0.15, 0.2) is 17.3 Å². The quantitative estimate of drug-likeness (QED) is 0.709. The molecule has 3 heterocycles. The van der Waals surface area contributed by atoms with Crippen LogP contribution in [0, 0.1) is 6.92 Å². The van der Waals surface area contributed by atoms with Gasteiger partial charge in [0.25, 0.3) is 0 Å². The summed E-state index contributed by atoms with van der Waals surface area (Å²) < 4.78 is 7.31. The molecule has 1 aliphatic rings. The van der Waals surface area contributed by atoms with Crippen LogP contribution in [0.3, 0.4) is 0 Å². The zero-order valence-corrected chi connectivity index (χ0v) is 13.7. The molecule has 1 amide bonds. The molecule has 1 fully saturated rings. The number of thioether (sulfide) groups is 1. The zero-order valence-electron chi connectivity index (χ0n) is 12.9. The molecule has 0 spiro atoms. The molecule has 1 aliphatic heterocycles. The Kier molecular flexibility index (Phi) is 4.70. The van der Waals surface area contributed by atoms with Crippen molar-refractivity contribution in [1.29, 1.82) is 0 Å². The molecule has 3 rings (SSSR count). The summed E-state index contributed by atoms with van der Waals surface area (Å²) in [4.78, 5) is 14.0. The van der Waals surface area contributed by atoms with Gasteiger partial charge in [0, 0.05) is 26.1 Å². The Morgan fingerprint density at radius 2 is 2.26 bits per heavy atom. The lowest BCUT2D eigenvalue weighted by atomic mass is 10.3. The largest absolute Gasteiger partial charge is 0.471 e. The molecule has 0 aliphatic carbocycles. The minimum Gasteiger partial charge on any atom is -0.471 e. The molecule has 0 aromatic carbocycles. The van der Waals surface area contributed by atoms with Gasteiger partial charge >= 0.3 is 0 Å². The molecule has 9 nitrogen and oxygen atoms in total. The van der Waals surface area contributed by atoms with Gasteiger partial charge in [-0.25, -0.2) is 4.68 Å². The molecule has 0 N–H and O–H groups in total. The maximum absolute atomic E-state index is 12.2. The average molecular weight is 335 g/mol. The van der Waals surface area contributed by atoms with E-state index in [0.717, 1.165) is 12.1 Å². The van der Waals surface area contributed by atoms with Crippen molar-refractivity contribution in [2.45, 2.75) is 24.6 Å². The predicted molar refractivity (Wildman–Crippen MR) is 81.9 cm³/mol. The molecular formula is C13H17N7O2S. The van der Waals surface area contributed by atoms with Crippen molar-refractivity contribution in [3.63, 3.8) is 0 Å². The molecular weight excluding hydrogens is 318 g/mol. The Bertz CT molecular complexity index is 675. The topological polar surface area (TPSA) is 98.9 Å². The number of aromatic nitrogens is 6. The van der Waals surface area contributed by atoms with E-state index >= 15 is 0 Å². The molecule has 1 saturated heterocycles. The second-order valence-electron chi connectivity index (χ2n) is 5.25. The van der Waals surface area contributed by atoms with Crippen LogP contribution >= 0.6 is 11.8 Å². The van der Waals surface area contributed by atoms with E-state index in [9.17, 15) is 4.79 Å². The van der Waals surface area contributed by atoms with Crippen molar-refractivity contribution in [3.8, 4) is 5.88 Å². The fourth-order valence-corrected chi connectivity index (χ4v) is 2.99. The van der Waals surface area contributed by atoms with Gasteiger partial charge in [-0.15, -0.1) is 10.2 Å². The van der Waals surface area contributed by atoms with E-state index in [4.69, 9.17) is 4.74 Å². The molecule has 2 aromatic rings. The van der Waals surface area contributed by atoms with Gasteiger partial charge in [-0.05, 0) is 23.4 Å². The highest BCUT2D eigenvalue weighted by Crippen LogP contribution is 2.19. The fourth-order valence-electron chi connectivity index (χ4n) is 2.23. The van der Waals surface area contributed by atoms with E-state index in [0.29, 0.717) is 29.9 Å². The highest BCUT2D eigenvalue weighted by atomic mass is 32.2. The minimum atomic E-state index is -0.0440. The molecule has 0 radical (unpaired) electrons. The molecule has 1 atom stereocenters. The van der Waals surface area contributed by atoms with Crippen LogP contribution in [-0.4, -0.2) is 66.2 Å². The van der Waals surface area contributed by atoms with Crippen LogP contribution in [0.5, 0.6) is 5.88 Å². The van der Waals surface area contributed by atoms with Crippen molar-refractivity contribution in [2.75, 3.05) is 18.8 Å². The number of nitrogens with zero attached hydrogens (tertiary/aromatic N) is 7. The van der Waals surface area contributed by atoms with E-state index in [2.05, 4.69) is 25.7 Å². The maximum atomic E-state index is 12.2. The van der Waals surface area contributed by atoms with Crippen LogP contribution in [0.25, 0.3) is 0 Å². The Hall–Kier alpha value is -2.23. The molecule has 0 bridgehead atoms. The van der Waals surface area contributed by atoms with Gasteiger partial charge in [0.15, 0.2) is 0 Å². The van der Waals surface area contributed by atoms with Gasteiger partial charge in [-0.1, -0.05) is 11.8 Å². The van der Waals surface area contributed by atoms with Crippen molar-refractivity contribution < 1.29 is 9.53 Å². The summed E-state index contributed by atoms with van der Waals surface area (Å²) in [5, 5.41) is 19.7. The first kappa shape index (κ1) is 15.7. The third-order valence-electron chi connectivity index (χ3n) is 3.46. The number of carbonyl (C=O) groups excluding carboxylic acids is 1. The van der Waals surface area contributed by atoms with E-state index in [1.165, 1.54) is 11.8 Å². The van der Waals surface area contributed by atoms with Gasteiger partial charge in [0.05, 0.1) is 18.0 Å². The summed E-state index contributed by atoms with van der Waals surface area (Å²) in [5.41, 5.74) is 0.843. The monoisotopic (exact) mass is 335 g/mol. The van der Waals surface area contributed by atoms with Gasteiger partial charge in [-0.2, -0.15) is 5.10 Å². The Balaban J connectivity index is 1.48. The Labute approximate surface area is 137 Å². The second kappa shape index (κ2) is 6.90. The smallest absolute Gasteiger partial charge is 0.233 e. The van der Waals surface area contributed by atoms with Gasteiger partial charge in [0.2, 0.25) is 16.9 Å². The van der Waals surface area contributed by atoms with Crippen LogP contribution in [0.1, 0.15) is 12.1 Å². The summed E-state index contributed by atoms with van der Waals surface area (Å²) in [7, 11) is 1.75. The van der Waals surface area contributed by atoms with Crippen LogP contribution in [0.4, 0.5) is 0 Å². The van der Waals surface area contributed by atoms with Gasteiger partial charge in [-0.3, -0.25) is 4.79 Å². The number of carbonyl (C=O) groups is 1. The molecule has 23 heavy (non-hydrogen) atoms. The SMILES string of the molecule is Cc1ccc(OC2CCN(C(=O)CSc3nnnn3C)C2)nn1. The van der Waals surface area contributed by atoms with Crippen molar-refractivity contribution >= 4 is 17.7 Å². The zero-order chi connectivity index (χ0) is 16.2. The Morgan fingerprint density at radius 3 is 2.96 bits per heavy atom. The lowest BCUT2D eigenvalue weighted by Crippen LogP contribution is -2.32. The summed E-state index contributed by atoms with van der Waals surface area (Å²) in [6.45, 7) is 3.11. The summed E-state index contributed by atoms with van der Waals surface area (Å²) in [6, 6.07) is 3.65. The number of rotatable bonds is 5. The number of amides is 1. The summed E-state index contributed by atoms with van der Waals surface area (Å²) in [6.07, 6.45) is 0.745. The number of ether oxygens (including phenoxy) is 1. The average Bonchev–Trinajstić information content (AvgIpc) is 3.16. The Morgan fingerprint density at radius 1 is 1.39 bits per heavy atom. The van der Waals surface area contributed by atoms with Crippen LogP contribution < -0.4 is 4.74 Å². The van der Waals surface area contributed by atoms with E-state index in [1.807, 2.05) is 13.0 Å². The fraction of sp³-hybridized carbons (Fsp3) is 0.538.